The number of carbonyl (C=O) groups excluding carboxylic acids is 1. The van der Waals surface area contributed by atoms with Crippen molar-refractivity contribution in [2.24, 2.45) is 0 Å². The smallest absolute Gasteiger partial charge is 0.253 e. The van der Waals surface area contributed by atoms with E-state index in [4.69, 9.17) is 4.74 Å². The van der Waals surface area contributed by atoms with Crippen LogP contribution in [-0.4, -0.2) is 17.6 Å². The highest BCUT2D eigenvalue weighted by Gasteiger charge is 2.22. The maximum absolute atomic E-state index is 13.3. The van der Waals surface area contributed by atoms with Gasteiger partial charge in [0.1, 0.15) is 5.75 Å². The molecule has 0 radical (unpaired) electrons. The van der Waals surface area contributed by atoms with Gasteiger partial charge in [0.15, 0.2) is 0 Å². The third kappa shape index (κ3) is 4.10. The Morgan fingerprint density at radius 1 is 0.903 bits per heavy atom. The van der Waals surface area contributed by atoms with Crippen molar-refractivity contribution in [3.63, 3.8) is 0 Å². The first-order chi connectivity index (χ1) is 15.1. The number of carbonyl (C=O) groups is 1. The molecule has 4 rings (SSSR count). The fourth-order valence-corrected chi connectivity index (χ4v) is 3.88. The fourth-order valence-electron chi connectivity index (χ4n) is 3.88. The Hall–Kier alpha value is -3.79. The molecule has 0 spiro atoms. The molecule has 1 heterocycles. The Kier molecular flexibility index (Phi) is 5.89. The topological polar surface area (TPSA) is 43.3 Å². The molecule has 0 aliphatic heterocycles. The van der Waals surface area contributed by atoms with Crippen LogP contribution in [0, 0.1) is 6.92 Å². The summed E-state index contributed by atoms with van der Waals surface area (Å²) in [7, 11) is 1.66. The van der Waals surface area contributed by atoms with Crippen molar-refractivity contribution < 1.29 is 9.53 Å². The molecule has 0 saturated heterocycles. The first-order valence-electron chi connectivity index (χ1n) is 10.4. The second kappa shape index (κ2) is 8.92. The molecule has 1 atom stereocenters. The summed E-state index contributed by atoms with van der Waals surface area (Å²) in [4.78, 5) is 13.3. The van der Waals surface area contributed by atoms with Gasteiger partial charge in [-0.3, -0.25) is 4.79 Å². The van der Waals surface area contributed by atoms with Gasteiger partial charge in [-0.2, -0.15) is 0 Å². The zero-order valence-corrected chi connectivity index (χ0v) is 18.0. The first-order valence-corrected chi connectivity index (χ1v) is 10.4. The zero-order chi connectivity index (χ0) is 21.8. The molecule has 4 aromatic rings. The van der Waals surface area contributed by atoms with E-state index in [1.165, 1.54) is 0 Å². The number of methoxy groups -OCH3 is 1. The molecule has 4 heteroatoms. The zero-order valence-electron chi connectivity index (χ0n) is 18.0. The Labute approximate surface area is 183 Å². The molecular weight excluding hydrogens is 384 g/mol. The third-order valence-corrected chi connectivity index (χ3v) is 5.53. The Morgan fingerprint density at radius 3 is 2.19 bits per heavy atom. The average molecular weight is 411 g/mol. The van der Waals surface area contributed by atoms with Gasteiger partial charge in [-0.15, -0.1) is 0 Å². The molecule has 1 unspecified atom stereocenters. The minimum absolute atomic E-state index is 0.0945. The molecule has 0 fully saturated rings. The van der Waals surface area contributed by atoms with E-state index in [1.807, 2.05) is 92.7 Å². The van der Waals surface area contributed by atoms with Crippen LogP contribution in [0.2, 0.25) is 0 Å². The summed E-state index contributed by atoms with van der Waals surface area (Å²) >= 11 is 0. The third-order valence-electron chi connectivity index (χ3n) is 5.53. The number of ether oxygens (including phenoxy) is 1. The van der Waals surface area contributed by atoms with Gasteiger partial charge in [0.05, 0.1) is 30.1 Å². The van der Waals surface area contributed by atoms with Crippen LogP contribution in [0.15, 0.2) is 91.0 Å². The number of benzene rings is 3. The van der Waals surface area contributed by atoms with Gasteiger partial charge in [0.2, 0.25) is 0 Å². The highest BCUT2D eigenvalue weighted by Crippen LogP contribution is 2.33. The van der Waals surface area contributed by atoms with Gasteiger partial charge >= 0.3 is 0 Å². The predicted molar refractivity (Wildman–Crippen MR) is 125 cm³/mol. The highest BCUT2D eigenvalue weighted by atomic mass is 16.5. The molecule has 156 valence electrons. The Bertz CT molecular complexity index is 1180. The molecule has 0 aliphatic rings. The molecule has 0 aliphatic carbocycles. The monoisotopic (exact) mass is 410 g/mol. The van der Waals surface area contributed by atoms with Crippen molar-refractivity contribution >= 4 is 5.91 Å². The molecule has 0 saturated carbocycles. The largest absolute Gasteiger partial charge is 0.495 e. The number of nitrogens with one attached hydrogen (secondary N) is 1. The van der Waals surface area contributed by atoms with Crippen LogP contribution in [0.25, 0.3) is 16.9 Å². The molecular formula is C27H26N2O2. The van der Waals surface area contributed by atoms with Crippen molar-refractivity contribution in [2.75, 3.05) is 7.11 Å². The van der Waals surface area contributed by atoms with E-state index < -0.39 is 0 Å². The van der Waals surface area contributed by atoms with E-state index in [2.05, 4.69) is 22.0 Å². The first kappa shape index (κ1) is 20.5. The summed E-state index contributed by atoms with van der Waals surface area (Å²) in [6.45, 7) is 3.97. The molecule has 0 bridgehead atoms. The summed E-state index contributed by atoms with van der Waals surface area (Å²) < 4.78 is 7.71. The minimum Gasteiger partial charge on any atom is -0.495 e. The van der Waals surface area contributed by atoms with Crippen LogP contribution in [-0.2, 0) is 0 Å². The average Bonchev–Trinajstić information content (AvgIpc) is 3.17. The molecule has 1 N–H and O–H groups in total. The van der Waals surface area contributed by atoms with Gasteiger partial charge in [-0.1, -0.05) is 72.8 Å². The van der Waals surface area contributed by atoms with E-state index in [0.29, 0.717) is 5.56 Å². The number of para-hydroxylation sites is 2. The van der Waals surface area contributed by atoms with E-state index in [-0.39, 0.29) is 11.9 Å². The van der Waals surface area contributed by atoms with Crippen LogP contribution < -0.4 is 10.1 Å². The van der Waals surface area contributed by atoms with Crippen molar-refractivity contribution in [1.29, 1.82) is 0 Å². The maximum atomic E-state index is 13.3. The van der Waals surface area contributed by atoms with Crippen LogP contribution in [0.1, 0.15) is 34.6 Å². The highest BCUT2D eigenvalue weighted by molar-refractivity contribution is 5.97. The molecule has 4 nitrogen and oxygen atoms in total. The Morgan fingerprint density at radius 2 is 1.52 bits per heavy atom. The molecule has 31 heavy (non-hydrogen) atoms. The lowest BCUT2D eigenvalue weighted by Gasteiger charge is -2.16. The van der Waals surface area contributed by atoms with Crippen molar-refractivity contribution in [1.82, 2.24) is 9.88 Å². The van der Waals surface area contributed by atoms with Crippen molar-refractivity contribution in [2.45, 2.75) is 19.9 Å². The predicted octanol–water partition coefficient (Wildman–Crippen LogP) is 5.95. The van der Waals surface area contributed by atoms with Crippen LogP contribution in [0.4, 0.5) is 0 Å². The van der Waals surface area contributed by atoms with E-state index >= 15 is 0 Å². The SMILES string of the molecule is COc1ccccc1-n1c(-c2ccccc2)cc(C(=O)NC(C)c2ccccc2)c1C. The standard InChI is InChI=1S/C27H26N2O2/c1-19(21-12-6-4-7-13-21)28-27(30)23-18-25(22-14-8-5-9-15-22)29(20(23)2)24-16-10-11-17-26(24)31-3/h4-19H,1-3H3,(H,28,30). The lowest BCUT2D eigenvalue weighted by atomic mass is 10.1. The van der Waals surface area contributed by atoms with Gasteiger partial charge in [-0.05, 0) is 43.2 Å². The quantitative estimate of drug-likeness (QED) is 0.427. The number of nitrogens with zero attached hydrogens (tertiary/aromatic N) is 1. The van der Waals surface area contributed by atoms with Crippen LogP contribution in [0.3, 0.4) is 0 Å². The van der Waals surface area contributed by atoms with Gasteiger partial charge in [0.25, 0.3) is 5.91 Å². The molecule has 1 aromatic heterocycles. The normalized spacial score (nSPS) is 11.7. The lowest BCUT2D eigenvalue weighted by Crippen LogP contribution is -2.27. The summed E-state index contributed by atoms with van der Waals surface area (Å²) in [6.07, 6.45) is 0. The van der Waals surface area contributed by atoms with E-state index in [1.54, 1.807) is 7.11 Å². The fraction of sp³-hybridized carbons (Fsp3) is 0.148. The van der Waals surface area contributed by atoms with Crippen LogP contribution >= 0.6 is 0 Å². The Balaban J connectivity index is 1.79. The number of hydrogen-bond acceptors (Lipinski definition) is 2. The summed E-state index contributed by atoms with van der Waals surface area (Å²) in [5.74, 6) is 0.655. The summed E-state index contributed by atoms with van der Waals surface area (Å²) in [5.41, 5.74) is 5.46. The summed E-state index contributed by atoms with van der Waals surface area (Å²) in [5, 5.41) is 3.14. The number of aromatic nitrogens is 1. The lowest BCUT2D eigenvalue weighted by molar-refractivity contribution is 0.0939. The number of amides is 1. The maximum Gasteiger partial charge on any atom is 0.253 e. The van der Waals surface area contributed by atoms with Gasteiger partial charge < -0.3 is 14.6 Å². The second-order valence-corrected chi connectivity index (χ2v) is 7.51. The minimum atomic E-state index is -0.0975. The van der Waals surface area contributed by atoms with E-state index in [9.17, 15) is 4.79 Å². The van der Waals surface area contributed by atoms with Crippen molar-refractivity contribution in [3.8, 4) is 22.7 Å². The summed E-state index contributed by atoms with van der Waals surface area (Å²) in [6, 6.07) is 29.8. The van der Waals surface area contributed by atoms with Crippen molar-refractivity contribution in [3.05, 3.63) is 108 Å². The molecule has 1 amide bonds. The number of hydrogen-bond donors (Lipinski definition) is 1. The van der Waals surface area contributed by atoms with Gasteiger partial charge in [-0.25, -0.2) is 0 Å². The number of rotatable bonds is 6. The second-order valence-electron chi connectivity index (χ2n) is 7.51. The van der Waals surface area contributed by atoms with Gasteiger partial charge in [0, 0.05) is 5.69 Å². The molecule has 3 aromatic carbocycles. The van der Waals surface area contributed by atoms with Crippen LogP contribution in [0.5, 0.6) is 5.75 Å². The van der Waals surface area contributed by atoms with E-state index in [0.717, 1.165) is 34.0 Å².